The van der Waals surface area contributed by atoms with Gasteiger partial charge in [-0.25, -0.2) is 9.78 Å². The third-order valence-electron chi connectivity index (χ3n) is 3.05. The maximum Gasteiger partial charge on any atom is 0.335 e. The van der Waals surface area contributed by atoms with Gasteiger partial charge in [0, 0.05) is 32.0 Å². The molecule has 0 spiro atoms. The van der Waals surface area contributed by atoms with Crippen LogP contribution in [-0.4, -0.2) is 40.1 Å². The third kappa shape index (κ3) is 3.26. The van der Waals surface area contributed by atoms with Gasteiger partial charge in [0.1, 0.15) is 5.69 Å². The number of carboxylic acids is 1. The minimum Gasteiger partial charge on any atom is -0.478 e. The lowest BCUT2D eigenvalue weighted by Crippen LogP contribution is -2.26. The minimum atomic E-state index is -1.00. The molecular weight excluding hydrogens is 272 g/mol. The largest absolute Gasteiger partial charge is 0.478 e. The molecule has 1 heterocycles. The first-order valence-corrected chi connectivity index (χ1v) is 6.36. The first-order chi connectivity index (χ1) is 10.0. The summed E-state index contributed by atoms with van der Waals surface area (Å²) >= 11 is 0. The third-order valence-corrected chi connectivity index (χ3v) is 3.05. The van der Waals surface area contributed by atoms with Gasteiger partial charge in [0.05, 0.1) is 11.9 Å². The zero-order chi connectivity index (χ0) is 15.4. The van der Waals surface area contributed by atoms with Crippen molar-refractivity contribution in [1.29, 1.82) is 0 Å². The predicted molar refractivity (Wildman–Crippen MR) is 77.4 cm³/mol. The lowest BCUT2D eigenvalue weighted by Gasteiger charge is -2.16. The molecule has 1 aromatic heterocycles. The zero-order valence-corrected chi connectivity index (χ0v) is 11.6. The topological polar surface area (TPSA) is 101 Å². The highest BCUT2D eigenvalue weighted by Crippen LogP contribution is 2.16. The Balaban J connectivity index is 2.15. The van der Waals surface area contributed by atoms with Crippen molar-refractivity contribution in [3.05, 3.63) is 48.0 Å². The number of hydrogen-bond acceptors (Lipinski definition) is 4. The number of carbonyl (C=O) groups excluding carboxylic acids is 1. The van der Waals surface area contributed by atoms with Gasteiger partial charge in [-0.3, -0.25) is 4.79 Å². The van der Waals surface area contributed by atoms with Crippen LogP contribution in [0.1, 0.15) is 20.8 Å². The van der Waals surface area contributed by atoms with E-state index in [1.165, 1.54) is 17.0 Å². The van der Waals surface area contributed by atoms with E-state index in [4.69, 9.17) is 10.8 Å². The molecular formula is C14H16N4O3. The van der Waals surface area contributed by atoms with Gasteiger partial charge in [0.15, 0.2) is 0 Å². The molecule has 0 saturated carbocycles. The molecule has 2 rings (SSSR count). The SMILES string of the molecule is CN(C(=O)c1cn(CCN)cn1)c1ccc(C(=O)O)cc1. The fourth-order valence-electron chi connectivity index (χ4n) is 1.86. The van der Waals surface area contributed by atoms with Crippen LogP contribution < -0.4 is 10.6 Å². The average molecular weight is 288 g/mol. The summed E-state index contributed by atoms with van der Waals surface area (Å²) in [6.45, 7) is 1.06. The Morgan fingerprint density at radius 2 is 2.00 bits per heavy atom. The van der Waals surface area contributed by atoms with Gasteiger partial charge in [0.2, 0.25) is 0 Å². The Kier molecular flexibility index (Phi) is 4.34. The van der Waals surface area contributed by atoms with Crippen LogP contribution >= 0.6 is 0 Å². The van der Waals surface area contributed by atoms with E-state index in [1.54, 1.807) is 36.3 Å². The lowest BCUT2D eigenvalue weighted by molar-refractivity contribution is 0.0696. The van der Waals surface area contributed by atoms with Crippen molar-refractivity contribution in [2.45, 2.75) is 6.54 Å². The van der Waals surface area contributed by atoms with Crippen molar-refractivity contribution in [2.75, 3.05) is 18.5 Å². The van der Waals surface area contributed by atoms with Gasteiger partial charge in [-0.2, -0.15) is 0 Å². The van der Waals surface area contributed by atoms with Crippen LogP contribution in [0.3, 0.4) is 0 Å². The maximum atomic E-state index is 12.3. The number of imidazole rings is 1. The van der Waals surface area contributed by atoms with E-state index in [-0.39, 0.29) is 11.5 Å². The van der Waals surface area contributed by atoms with Gasteiger partial charge in [-0.05, 0) is 24.3 Å². The second-order valence-corrected chi connectivity index (χ2v) is 4.50. The van der Waals surface area contributed by atoms with Crippen molar-refractivity contribution in [3.8, 4) is 0 Å². The summed E-state index contributed by atoms with van der Waals surface area (Å²) in [6.07, 6.45) is 3.19. The van der Waals surface area contributed by atoms with Gasteiger partial charge >= 0.3 is 5.97 Å². The molecule has 0 radical (unpaired) electrons. The molecule has 0 aliphatic carbocycles. The molecule has 1 amide bonds. The van der Waals surface area contributed by atoms with E-state index in [0.717, 1.165) is 0 Å². The molecule has 0 fully saturated rings. The van der Waals surface area contributed by atoms with Gasteiger partial charge < -0.3 is 20.3 Å². The van der Waals surface area contributed by atoms with Gasteiger partial charge in [-0.15, -0.1) is 0 Å². The molecule has 0 unspecified atom stereocenters. The van der Waals surface area contributed by atoms with Crippen LogP contribution in [0.25, 0.3) is 0 Å². The lowest BCUT2D eigenvalue weighted by atomic mass is 10.2. The highest BCUT2D eigenvalue weighted by molar-refractivity contribution is 6.04. The summed E-state index contributed by atoms with van der Waals surface area (Å²) in [4.78, 5) is 28.5. The van der Waals surface area contributed by atoms with E-state index >= 15 is 0 Å². The minimum absolute atomic E-state index is 0.173. The van der Waals surface area contributed by atoms with Crippen LogP contribution in [0.15, 0.2) is 36.8 Å². The first-order valence-electron chi connectivity index (χ1n) is 6.36. The maximum absolute atomic E-state index is 12.3. The van der Waals surface area contributed by atoms with Crippen LogP contribution in [0.5, 0.6) is 0 Å². The number of hydrogen-bond donors (Lipinski definition) is 2. The second-order valence-electron chi connectivity index (χ2n) is 4.50. The Bertz CT molecular complexity index is 648. The molecule has 0 atom stereocenters. The monoisotopic (exact) mass is 288 g/mol. The van der Waals surface area contributed by atoms with Crippen molar-refractivity contribution in [3.63, 3.8) is 0 Å². The molecule has 7 heteroatoms. The summed E-state index contributed by atoms with van der Waals surface area (Å²) in [5, 5.41) is 8.85. The summed E-state index contributed by atoms with van der Waals surface area (Å²) in [7, 11) is 1.61. The molecule has 0 aliphatic rings. The quantitative estimate of drug-likeness (QED) is 0.848. The molecule has 3 N–H and O–H groups in total. The van der Waals surface area contributed by atoms with Crippen molar-refractivity contribution >= 4 is 17.6 Å². The normalized spacial score (nSPS) is 10.4. The molecule has 0 bridgehead atoms. The number of anilines is 1. The Labute approximate surface area is 121 Å². The van der Waals surface area contributed by atoms with Crippen molar-refractivity contribution < 1.29 is 14.7 Å². The smallest absolute Gasteiger partial charge is 0.335 e. The number of benzene rings is 1. The molecule has 2 aromatic rings. The van der Waals surface area contributed by atoms with Crippen molar-refractivity contribution in [1.82, 2.24) is 9.55 Å². The van der Waals surface area contributed by atoms with Crippen LogP contribution in [0, 0.1) is 0 Å². The fraction of sp³-hybridized carbons (Fsp3) is 0.214. The van der Waals surface area contributed by atoms with Gasteiger partial charge in [-0.1, -0.05) is 0 Å². The molecule has 7 nitrogen and oxygen atoms in total. The summed E-state index contributed by atoms with van der Waals surface area (Å²) in [6, 6.07) is 6.07. The van der Waals surface area contributed by atoms with Crippen LogP contribution in [-0.2, 0) is 6.54 Å². The molecule has 110 valence electrons. The van der Waals surface area contributed by atoms with E-state index in [9.17, 15) is 9.59 Å². The Morgan fingerprint density at radius 3 is 2.57 bits per heavy atom. The van der Waals surface area contributed by atoms with E-state index in [0.29, 0.717) is 24.5 Å². The average Bonchev–Trinajstić information content (AvgIpc) is 2.95. The molecule has 0 saturated heterocycles. The summed E-state index contributed by atoms with van der Waals surface area (Å²) in [5.74, 6) is -1.27. The van der Waals surface area contributed by atoms with E-state index < -0.39 is 5.97 Å². The van der Waals surface area contributed by atoms with Gasteiger partial charge in [0.25, 0.3) is 5.91 Å². The standard InChI is InChI=1S/C14H16N4O3/c1-17(11-4-2-10(3-5-11)14(20)21)13(19)12-8-18(7-6-15)9-16-12/h2-5,8-9H,6-7,15H2,1H3,(H,20,21). The van der Waals surface area contributed by atoms with E-state index in [2.05, 4.69) is 4.98 Å². The highest BCUT2D eigenvalue weighted by atomic mass is 16.4. The van der Waals surface area contributed by atoms with Crippen LogP contribution in [0.2, 0.25) is 0 Å². The number of amides is 1. The zero-order valence-electron chi connectivity index (χ0n) is 11.6. The number of aromatic nitrogens is 2. The number of nitrogens with two attached hydrogens (primary N) is 1. The molecule has 0 aliphatic heterocycles. The Morgan fingerprint density at radius 1 is 1.33 bits per heavy atom. The van der Waals surface area contributed by atoms with Crippen LogP contribution in [0.4, 0.5) is 5.69 Å². The highest BCUT2D eigenvalue weighted by Gasteiger charge is 2.16. The fourth-order valence-corrected chi connectivity index (χ4v) is 1.86. The number of carbonyl (C=O) groups is 2. The molecule has 1 aromatic carbocycles. The van der Waals surface area contributed by atoms with E-state index in [1.807, 2.05) is 0 Å². The van der Waals surface area contributed by atoms with Crippen molar-refractivity contribution in [2.24, 2.45) is 5.73 Å². The Hall–Kier alpha value is -2.67. The number of carboxylic acid groups (broad SMARTS) is 1. The summed E-state index contributed by atoms with van der Waals surface area (Å²) < 4.78 is 1.74. The summed E-state index contributed by atoms with van der Waals surface area (Å²) in [5.41, 5.74) is 6.53. The molecule has 21 heavy (non-hydrogen) atoms. The number of aromatic carboxylic acids is 1. The predicted octanol–water partition coefficient (Wildman–Crippen LogP) is 0.817. The first kappa shape index (κ1) is 14.7. The second kappa shape index (κ2) is 6.19. The number of rotatable bonds is 5. The number of nitrogens with zero attached hydrogens (tertiary/aromatic N) is 3.